The number of amides is 1. The molecule has 2 saturated carbocycles. The topological polar surface area (TPSA) is 55.1 Å². The van der Waals surface area contributed by atoms with Gasteiger partial charge in [-0.1, -0.05) is 51.2 Å². The minimum Gasteiger partial charge on any atom is -0.392 e. The van der Waals surface area contributed by atoms with Crippen LogP contribution in [0, 0.1) is 17.3 Å². The summed E-state index contributed by atoms with van der Waals surface area (Å²) in [5.41, 5.74) is 5.32. The third-order valence-corrected chi connectivity index (χ3v) is 5.57. The van der Waals surface area contributed by atoms with Crippen LogP contribution in [0.4, 0.5) is 0 Å². The zero-order valence-electron chi connectivity index (χ0n) is 11.9. The highest BCUT2D eigenvalue weighted by Gasteiger charge is 2.42. The van der Waals surface area contributed by atoms with Crippen LogP contribution >= 0.6 is 12.2 Å². The lowest BCUT2D eigenvalue weighted by Crippen LogP contribution is -2.51. The van der Waals surface area contributed by atoms with Gasteiger partial charge in [-0.15, -0.1) is 0 Å². The maximum Gasteiger partial charge on any atom is 0.233 e. The summed E-state index contributed by atoms with van der Waals surface area (Å²) in [5, 5.41) is 3.14. The van der Waals surface area contributed by atoms with Gasteiger partial charge in [-0.3, -0.25) is 4.79 Å². The van der Waals surface area contributed by atoms with Gasteiger partial charge in [0, 0.05) is 6.54 Å². The van der Waals surface area contributed by atoms with Crippen LogP contribution in [0.2, 0.25) is 0 Å². The lowest BCUT2D eigenvalue weighted by Gasteiger charge is -2.35. The molecule has 0 saturated heterocycles. The van der Waals surface area contributed by atoms with Crippen molar-refractivity contribution in [2.45, 2.75) is 58.3 Å². The van der Waals surface area contributed by atoms with Crippen molar-refractivity contribution in [1.82, 2.24) is 5.32 Å². The number of carbonyl (C=O) groups is 1. The van der Waals surface area contributed by atoms with Gasteiger partial charge in [-0.25, -0.2) is 0 Å². The summed E-state index contributed by atoms with van der Waals surface area (Å²) in [5.74, 6) is 1.45. The first-order valence-electron chi connectivity index (χ1n) is 7.64. The van der Waals surface area contributed by atoms with Gasteiger partial charge in [-0.05, 0) is 31.1 Å². The maximum atomic E-state index is 12.5. The molecule has 0 spiro atoms. The molecule has 0 heterocycles. The van der Waals surface area contributed by atoms with Crippen LogP contribution in [0.5, 0.6) is 0 Å². The van der Waals surface area contributed by atoms with Crippen molar-refractivity contribution in [2.75, 3.05) is 6.54 Å². The molecule has 0 aliphatic heterocycles. The van der Waals surface area contributed by atoms with E-state index in [1.54, 1.807) is 0 Å². The highest BCUT2D eigenvalue weighted by atomic mass is 32.1. The van der Waals surface area contributed by atoms with Crippen molar-refractivity contribution in [1.29, 1.82) is 0 Å². The summed E-state index contributed by atoms with van der Waals surface area (Å²) in [6.45, 7) is 3.08. The molecule has 0 radical (unpaired) electrons. The minimum atomic E-state index is -0.560. The van der Waals surface area contributed by atoms with E-state index in [4.69, 9.17) is 18.0 Å². The lowest BCUT2D eigenvalue weighted by molar-refractivity contribution is -0.129. The van der Waals surface area contributed by atoms with Crippen LogP contribution in [0.15, 0.2) is 0 Å². The predicted molar refractivity (Wildman–Crippen MR) is 81.8 cm³/mol. The summed E-state index contributed by atoms with van der Waals surface area (Å²) < 4.78 is 0. The second-order valence-electron chi connectivity index (χ2n) is 6.39. The Kier molecular flexibility index (Phi) is 4.82. The second kappa shape index (κ2) is 6.21. The van der Waals surface area contributed by atoms with Gasteiger partial charge in [0.25, 0.3) is 0 Å². The average Bonchev–Trinajstić information content (AvgIpc) is 2.82. The standard InChI is InChI=1S/C15H26N2OS/c1-11-6-5-7-12(11)10-17-14(18)15(13(16)19)8-3-2-4-9-15/h11-12H,2-10H2,1H3,(H2,16,19)(H,17,18). The number of thiocarbonyl (C=S) groups is 1. The first-order valence-corrected chi connectivity index (χ1v) is 8.05. The van der Waals surface area contributed by atoms with E-state index in [1.807, 2.05) is 0 Å². The van der Waals surface area contributed by atoms with E-state index in [0.29, 0.717) is 10.9 Å². The second-order valence-corrected chi connectivity index (χ2v) is 6.83. The third kappa shape index (κ3) is 3.10. The molecular weight excluding hydrogens is 256 g/mol. The van der Waals surface area contributed by atoms with Crippen molar-refractivity contribution in [3.63, 3.8) is 0 Å². The molecule has 0 aromatic heterocycles. The van der Waals surface area contributed by atoms with Crippen LogP contribution in [-0.2, 0) is 4.79 Å². The number of nitrogens with one attached hydrogen (secondary N) is 1. The van der Waals surface area contributed by atoms with Gasteiger partial charge < -0.3 is 11.1 Å². The first-order chi connectivity index (χ1) is 9.06. The molecule has 3 N–H and O–H groups in total. The Labute approximate surface area is 121 Å². The average molecular weight is 282 g/mol. The molecule has 3 nitrogen and oxygen atoms in total. The third-order valence-electron chi connectivity index (χ3n) is 5.18. The molecule has 2 aliphatic carbocycles. The molecular formula is C15H26N2OS. The molecule has 2 rings (SSSR count). The molecule has 4 heteroatoms. The van der Waals surface area contributed by atoms with Gasteiger partial charge in [0.15, 0.2) is 0 Å². The monoisotopic (exact) mass is 282 g/mol. The molecule has 0 aromatic carbocycles. The quantitative estimate of drug-likeness (QED) is 0.780. The number of nitrogens with two attached hydrogens (primary N) is 1. The van der Waals surface area contributed by atoms with Crippen LogP contribution in [-0.4, -0.2) is 17.4 Å². The summed E-state index contributed by atoms with van der Waals surface area (Å²) in [7, 11) is 0. The van der Waals surface area contributed by atoms with Gasteiger partial charge in [0.1, 0.15) is 0 Å². The van der Waals surface area contributed by atoms with Crippen LogP contribution in [0.25, 0.3) is 0 Å². The van der Waals surface area contributed by atoms with Gasteiger partial charge >= 0.3 is 0 Å². The van der Waals surface area contributed by atoms with Gasteiger partial charge in [0.05, 0.1) is 10.4 Å². The van der Waals surface area contributed by atoms with Crippen LogP contribution in [0.1, 0.15) is 58.3 Å². The Morgan fingerprint density at radius 1 is 1.26 bits per heavy atom. The van der Waals surface area contributed by atoms with Crippen molar-refractivity contribution in [3.05, 3.63) is 0 Å². The molecule has 2 aliphatic rings. The molecule has 0 aromatic rings. The molecule has 2 fully saturated rings. The van der Waals surface area contributed by atoms with Crippen molar-refractivity contribution >= 4 is 23.1 Å². The Hall–Kier alpha value is -0.640. The molecule has 2 unspecified atom stereocenters. The predicted octanol–water partition coefficient (Wildman–Crippen LogP) is 2.78. The highest BCUT2D eigenvalue weighted by molar-refractivity contribution is 7.80. The van der Waals surface area contributed by atoms with E-state index >= 15 is 0 Å². The molecule has 19 heavy (non-hydrogen) atoms. The molecule has 0 bridgehead atoms. The fraction of sp³-hybridized carbons (Fsp3) is 0.867. The van der Waals surface area contributed by atoms with E-state index in [1.165, 1.54) is 25.7 Å². The summed E-state index contributed by atoms with van der Waals surface area (Å²) in [6.07, 6.45) is 8.79. The SMILES string of the molecule is CC1CCCC1CNC(=O)C1(C(N)=S)CCCCC1. The summed E-state index contributed by atoms with van der Waals surface area (Å²) >= 11 is 5.19. The zero-order valence-corrected chi connectivity index (χ0v) is 12.7. The van der Waals surface area contributed by atoms with E-state index in [-0.39, 0.29) is 5.91 Å². The van der Waals surface area contributed by atoms with Gasteiger partial charge in [0.2, 0.25) is 5.91 Å². The van der Waals surface area contributed by atoms with E-state index in [0.717, 1.165) is 38.1 Å². The number of carbonyl (C=O) groups excluding carboxylic acids is 1. The zero-order chi connectivity index (χ0) is 13.9. The Bertz CT molecular complexity index is 350. The number of rotatable bonds is 4. The minimum absolute atomic E-state index is 0.0822. The Morgan fingerprint density at radius 2 is 1.95 bits per heavy atom. The lowest BCUT2D eigenvalue weighted by atomic mass is 9.73. The van der Waals surface area contributed by atoms with E-state index in [9.17, 15) is 4.79 Å². The van der Waals surface area contributed by atoms with Gasteiger partial charge in [-0.2, -0.15) is 0 Å². The Balaban J connectivity index is 1.94. The fourth-order valence-electron chi connectivity index (χ4n) is 3.66. The number of hydrogen-bond acceptors (Lipinski definition) is 2. The largest absolute Gasteiger partial charge is 0.392 e. The van der Waals surface area contributed by atoms with Crippen molar-refractivity contribution < 1.29 is 4.79 Å². The molecule has 1 amide bonds. The maximum absolute atomic E-state index is 12.5. The summed E-state index contributed by atoms with van der Waals surface area (Å²) in [6, 6.07) is 0. The smallest absolute Gasteiger partial charge is 0.233 e. The molecule has 108 valence electrons. The highest BCUT2D eigenvalue weighted by Crippen LogP contribution is 2.37. The summed E-state index contributed by atoms with van der Waals surface area (Å²) in [4.78, 5) is 12.9. The fourth-order valence-corrected chi connectivity index (χ4v) is 3.96. The normalized spacial score (nSPS) is 29.9. The molecule has 2 atom stereocenters. The van der Waals surface area contributed by atoms with Crippen molar-refractivity contribution in [2.24, 2.45) is 23.0 Å². The van der Waals surface area contributed by atoms with Crippen LogP contribution in [0.3, 0.4) is 0 Å². The first kappa shape index (κ1) is 14.8. The van der Waals surface area contributed by atoms with E-state index in [2.05, 4.69) is 12.2 Å². The van der Waals surface area contributed by atoms with E-state index < -0.39 is 5.41 Å². The van der Waals surface area contributed by atoms with Crippen molar-refractivity contribution in [3.8, 4) is 0 Å². The Morgan fingerprint density at radius 3 is 2.47 bits per heavy atom. The number of hydrogen-bond donors (Lipinski definition) is 2. The van der Waals surface area contributed by atoms with Crippen LogP contribution < -0.4 is 11.1 Å².